The molecule has 0 aromatic heterocycles. The summed E-state index contributed by atoms with van der Waals surface area (Å²) in [5.74, 6) is -1.04. The molecule has 108 valence electrons. The van der Waals surface area contributed by atoms with Crippen molar-refractivity contribution in [1.82, 2.24) is 4.90 Å². The van der Waals surface area contributed by atoms with E-state index in [9.17, 15) is 20.0 Å². The van der Waals surface area contributed by atoms with E-state index in [-0.39, 0.29) is 30.2 Å². The molecular weight excluding hydrogens is 288 g/mol. The minimum atomic E-state index is -1.04. The van der Waals surface area contributed by atoms with Crippen molar-refractivity contribution in [3.8, 4) is 0 Å². The van der Waals surface area contributed by atoms with E-state index in [1.54, 1.807) is 0 Å². The zero-order chi connectivity index (χ0) is 14.9. The number of carbonyl (C=O) groups is 1. The standard InChI is InChI=1S/C12H13ClN2O5/c13-8-2-1-7(10(3-8)15(19)20)5-14-6-9(16)4-11(14)12(17)18/h1-3,9,11,16H,4-6H2,(H,17,18). The number of rotatable bonds is 4. The van der Waals surface area contributed by atoms with Crippen molar-refractivity contribution in [3.05, 3.63) is 38.9 Å². The van der Waals surface area contributed by atoms with E-state index in [2.05, 4.69) is 0 Å². The number of halogens is 1. The lowest BCUT2D eigenvalue weighted by atomic mass is 10.1. The molecule has 0 bridgehead atoms. The van der Waals surface area contributed by atoms with Gasteiger partial charge in [-0.15, -0.1) is 0 Å². The molecule has 1 aromatic rings. The fourth-order valence-electron chi connectivity index (χ4n) is 2.37. The second-order valence-corrected chi connectivity index (χ2v) is 5.14. The Morgan fingerprint density at radius 1 is 1.55 bits per heavy atom. The lowest BCUT2D eigenvalue weighted by molar-refractivity contribution is -0.385. The number of benzene rings is 1. The second-order valence-electron chi connectivity index (χ2n) is 4.70. The maximum atomic E-state index is 11.1. The molecule has 1 heterocycles. The van der Waals surface area contributed by atoms with Crippen LogP contribution in [0.15, 0.2) is 18.2 Å². The quantitative estimate of drug-likeness (QED) is 0.641. The van der Waals surface area contributed by atoms with Gasteiger partial charge in [0.25, 0.3) is 5.69 Å². The predicted octanol–water partition coefficient (Wildman–Crippen LogP) is 1.27. The first kappa shape index (κ1) is 14.7. The van der Waals surface area contributed by atoms with Crippen molar-refractivity contribution in [1.29, 1.82) is 0 Å². The van der Waals surface area contributed by atoms with Gasteiger partial charge in [0.05, 0.1) is 11.0 Å². The van der Waals surface area contributed by atoms with Gasteiger partial charge in [-0.1, -0.05) is 11.6 Å². The minimum Gasteiger partial charge on any atom is -0.480 e. The summed E-state index contributed by atoms with van der Waals surface area (Å²) >= 11 is 5.73. The molecule has 20 heavy (non-hydrogen) atoms. The van der Waals surface area contributed by atoms with Crippen molar-refractivity contribution in [2.45, 2.75) is 25.1 Å². The topological polar surface area (TPSA) is 104 Å². The number of carboxylic acids is 1. The van der Waals surface area contributed by atoms with Crippen molar-refractivity contribution in [2.75, 3.05) is 6.54 Å². The number of hydrogen-bond donors (Lipinski definition) is 2. The van der Waals surface area contributed by atoms with E-state index >= 15 is 0 Å². The normalized spacial score (nSPS) is 22.9. The number of aliphatic hydroxyl groups excluding tert-OH is 1. The average Bonchev–Trinajstić information content (AvgIpc) is 2.72. The Morgan fingerprint density at radius 2 is 2.25 bits per heavy atom. The van der Waals surface area contributed by atoms with Gasteiger partial charge in [0, 0.05) is 36.2 Å². The fourth-order valence-corrected chi connectivity index (χ4v) is 2.54. The Bertz CT molecular complexity index is 551. The van der Waals surface area contributed by atoms with Crippen LogP contribution in [0.1, 0.15) is 12.0 Å². The van der Waals surface area contributed by atoms with Gasteiger partial charge in [-0.3, -0.25) is 19.8 Å². The highest BCUT2D eigenvalue weighted by Crippen LogP contribution is 2.27. The van der Waals surface area contributed by atoms with Crippen LogP contribution in [0.5, 0.6) is 0 Å². The summed E-state index contributed by atoms with van der Waals surface area (Å²) in [7, 11) is 0. The summed E-state index contributed by atoms with van der Waals surface area (Å²) in [5, 5.41) is 29.9. The number of hydrogen-bond acceptors (Lipinski definition) is 5. The predicted molar refractivity (Wildman–Crippen MR) is 70.6 cm³/mol. The first-order valence-electron chi connectivity index (χ1n) is 5.96. The van der Waals surface area contributed by atoms with Gasteiger partial charge < -0.3 is 10.2 Å². The first-order chi connectivity index (χ1) is 9.38. The highest BCUT2D eigenvalue weighted by atomic mass is 35.5. The van der Waals surface area contributed by atoms with Crippen LogP contribution in [0.25, 0.3) is 0 Å². The number of nitrogens with zero attached hydrogens (tertiary/aromatic N) is 2. The molecule has 1 fully saturated rings. The minimum absolute atomic E-state index is 0.0848. The number of likely N-dealkylation sites (tertiary alicyclic amines) is 1. The van der Waals surface area contributed by atoms with Gasteiger partial charge in [-0.25, -0.2) is 0 Å². The van der Waals surface area contributed by atoms with Crippen molar-refractivity contribution in [3.63, 3.8) is 0 Å². The molecule has 8 heteroatoms. The third-order valence-corrected chi connectivity index (χ3v) is 3.52. The lowest BCUT2D eigenvalue weighted by Gasteiger charge is -2.20. The van der Waals surface area contributed by atoms with E-state index in [1.165, 1.54) is 23.1 Å². The maximum Gasteiger partial charge on any atom is 0.321 e. The number of carboxylic acid groups (broad SMARTS) is 1. The van der Waals surface area contributed by atoms with Crippen LogP contribution >= 0.6 is 11.6 Å². The Hall–Kier alpha value is -1.70. The zero-order valence-corrected chi connectivity index (χ0v) is 11.2. The molecule has 7 nitrogen and oxygen atoms in total. The first-order valence-corrected chi connectivity index (χ1v) is 6.34. The molecule has 1 saturated heterocycles. The number of β-amino-alcohol motifs (C(OH)–C–C–N with tert-alkyl or cyclic N) is 1. The molecule has 1 aliphatic heterocycles. The lowest BCUT2D eigenvalue weighted by Crippen LogP contribution is -2.35. The number of nitro groups is 1. The molecule has 0 spiro atoms. The van der Waals surface area contributed by atoms with Gasteiger partial charge in [0.15, 0.2) is 0 Å². The van der Waals surface area contributed by atoms with Crippen LogP contribution in [0.2, 0.25) is 5.02 Å². The van der Waals surface area contributed by atoms with Crippen LogP contribution in [-0.2, 0) is 11.3 Å². The van der Waals surface area contributed by atoms with E-state index in [0.717, 1.165) is 0 Å². The van der Waals surface area contributed by atoms with E-state index < -0.39 is 23.0 Å². The third-order valence-electron chi connectivity index (χ3n) is 3.28. The Balaban J connectivity index is 2.25. The summed E-state index contributed by atoms with van der Waals surface area (Å²) in [5.41, 5.74) is 0.225. The second kappa shape index (κ2) is 5.74. The van der Waals surface area contributed by atoms with E-state index in [0.29, 0.717) is 5.56 Å². The summed E-state index contributed by atoms with van der Waals surface area (Å²) in [6, 6.07) is 3.43. The van der Waals surface area contributed by atoms with Crippen LogP contribution in [0, 0.1) is 10.1 Å². The highest BCUT2D eigenvalue weighted by Gasteiger charge is 2.36. The molecule has 1 aromatic carbocycles. The van der Waals surface area contributed by atoms with Gasteiger partial charge >= 0.3 is 5.97 Å². The SMILES string of the molecule is O=C(O)C1CC(O)CN1Cc1ccc(Cl)cc1[N+](=O)[O-]. The Kier molecular flexibility index (Phi) is 4.22. The van der Waals surface area contributed by atoms with Crippen LogP contribution in [0.3, 0.4) is 0 Å². The molecule has 2 N–H and O–H groups in total. The monoisotopic (exact) mass is 300 g/mol. The van der Waals surface area contributed by atoms with Gasteiger partial charge in [-0.05, 0) is 12.1 Å². The summed E-state index contributed by atoms with van der Waals surface area (Å²) < 4.78 is 0. The number of aliphatic carboxylic acids is 1. The van der Waals surface area contributed by atoms with Gasteiger partial charge in [-0.2, -0.15) is 0 Å². The molecule has 2 rings (SSSR count). The Labute approximate surface area is 119 Å². The molecule has 1 aliphatic rings. The average molecular weight is 301 g/mol. The highest BCUT2D eigenvalue weighted by molar-refractivity contribution is 6.30. The summed E-state index contributed by atoms with van der Waals surface area (Å²) in [4.78, 5) is 23.1. The molecule has 0 saturated carbocycles. The zero-order valence-electron chi connectivity index (χ0n) is 10.4. The van der Waals surface area contributed by atoms with Gasteiger partial charge in [0.2, 0.25) is 0 Å². The Morgan fingerprint density at radius 3 is 2.85 bits per heavy atom. The fraction of sp³-hybridized carbons (Fsp3) is 0.417. The smallest absolute Gasteiger partial charge is 0.321 e. The van der Waals surface area contributed by atoms with E-state index in [4.69, 9.17) is 16.7 Å². The third kappa shape index (κ3) is 3.06. The molecule has 2 unspecified atom stereocenters. The molecule has 0 aliphatic carbocycles. The summed E-state index contributed by atoms with van der Waals surface area (Å²) in [6.07, 6.45) is -0.612. The van der Waals surface area contributed by atoms with Gasteiger partial charge in [0.1, 0.15) is 6.04 Å². The molecule has 2 atom stereocenters. The van der Waals surface area contributed by atoms with Crippen LogP contribution in [0.4, 0.5) is 5.69 Å². The number of nitro benzene ring substituents is 1. The molecule has 0 radical (unpaired) electrons. The van der Waals surface area contributed by atoms with Crippen molar-refractivity contribution < 1.29 is 19.9 Å². The maximum absolute atomic E-state index is 11.1. The molecule has 0 amide bonds. The largest absolute Gasteiger partial charge is 0.480 e. The number of aliphatic hydroxyl groups is 1. The van der Waals surface area contributed by atoms with Crippen molar-refractivity contribution >= 4 is 23.3 Å². The van der Waals surface area contributed by atoms with E-state index in [1.807, 2.05) is 0 Å². The summed E-state index contributed by atoms with van der Waals surface area (Å²) in [6.45, 7) is 0.262. The van der Waals surface area contributed by atoms with Crippen LogP contribution < -0.4 is 0 Å². The van der Waals surface area contributed by atoms with Crippen molar-refractivity contribution in [2.24, 2.45) is 0 Å². The van der Waals surface area contributed by atoms with Crippen LogP contribution in [-0.4, -0.2) is 44.7 Å². The molecular formula is C12H13ClN2O5.